The Morgan fingerprint density at radius 3 is 1.85 bits per heavy atom. The highest BCUT2D eigenvalue weighted by Gasteiger charge is 2.37. The van der Waals surface area contributed by atoms with Gasteiger partial charge >= 0.3 is 0 Å². The summed E-state index contributed by atoms with van der Waals surface area (Å²) in [4.78, 5) is 0. The van der Waals surface area contributed by atoms with Gasteiger partial charge in [-0.15, -0.1) is 0 Å². The van der Waals surface area contributed by atoms with E-state index < -0.39 is 31.5 Å². The Labute approximate surface area is 122 Å². The van der Waals surface area contributed by atoms with Gasteiger partial charge in [0.2, 0.25) is 0 Å². The van der Waals surface area contributed by atoms with Crippen molar-refractivity contribution in [3.8, 4) is 0 Å². The molecule has 122 valence electrons. The van der Waals surface area contributed by atoms with Crippen LogP contribution in [-0.4, -0.2) is 53.1 Å². The molecule has 4 N–H and O–H groups in total. The largest absolute Gasteiger partial charge is 0.395 e. The molecule has 0 aromatic carbocycles. The van der Waals surface area contributed by atoms with E-state index >= 15 is 0 Å². The van der Waals surface area contributed by atoms with E-state index in [1.54, 1.807) is 0 Å². The SMILES string of the molecule is CC(C)CCCCCCCOC(O)C(CO)(CO)CO. The van der Waals surface area contributed by atoms with Crippen LogP contribution >= 0.6 is 0 Å². The van der Waals surface area contributed by atoms with Crippen molar-refractivity contribution in [2.45, 2.75) is 58.7 Å². The smallest absolute Gasteiger partial charge is 0.166 e. The molecule has 0 aliphatic carbocycles. The second-order valence-electron chi connectivity index (χ2n) is 6.01. The van der Waals surface area contributed by atoms with Crippen LogP contribution in [0.5, 0.6) is 0 Å². The van der Waals surface area contributed by atoms with Crippen molar-refractivity contribution in [1.29, 1.82) is 0 Å². The molecule has 1 unspecified atom stereocenters. The molecule has 1 atom stereocenters. The predicted octanol–water partition coefficient (Wildman–Crippen LogP) is 1.28. The highest BCUT2D eigenvalue weighted by Crippen LogP contribution is 2.21. The number of unbranched alkanes of at least 4 members (excludes halogenated alkanes) is 4. The van der Waals surface area contributed by atoms with Crippen LogP contribution in [0.2, 0.25) is 0 Å². The van der Waals surface area contributed by atoms with E-state index in [0.717, 1.165) is 25.2 Å². The monoisotopic (exact) mass is 292 g/mol. The van der Waals surface area contributed by atoms with E-state index in [9.17, 15) is 5.11 Å². The molecular weight excluding hydrogens is 260 g/mol. The van der Waals surface area contributed by atoms with Gasteiger partial charge < -0.3 is 25.2 Å². The third-order valence-corrected chi connectivity index (χ3v) is 3.67. The van der Waals surface area contributed by atoms with Crippen LogP contribution in [0.3, 0.4) is 0 Å². The maximum absolute atomic E-state index is 9.76. The van der Waals surface area contributed by atoms with E-state index in [1.807, 2.05) is 0 Å². The van der Waals surface area contributed by atoms with Crippen molar-refractivity contribution in [2.24, 2.45) is 11.3 Å². The molecular formula is C15H32O5. The minimum Gasteiger partial charge on any atom is -0.395 e. The summed E-state index contributed by atoms with van der Waals surface area (Å²) in [5.74, 6) is 0.761. The number of aliphatic hydroxyl groups is 4. The lowest BCUT2D eigenvalue weighted by Gasteiger charge is -2.32. The van der Waals surface area contributed by atoms with E-state index in [2.05, 4.69) is 13.8 Å². The fraction of sp³-hybridized carbons (Fsp3) is 1.00. The van der Waals surface area contributed by atoms with Crippen molar-refractivity contribution < 1.29 is 25.2 Å². The van der Waals surface area contributed by atoms with Crippen LogP contribution < -0.4 is 0 Å². The fourth-order valence-electron chi connectivity index (χ4n) is 1.94. The average molecular weight is 292 g/mol. The first-order chi connectivity index (χ1) is 9.52. The maximum Gasteiger partial charge on any atom is 0.166 e. The molecule has 0 heterocycles. The Morgan fingerprint density at radius 1 is 0.850 bits per heavy atom. The van der Waals surface area contributed by atoms with Gasteiger partial charge in [-0.05, 0) is 12.3 Å². The molecule has 0 radical (unpaired) electrons. The van der Waals surface area contributed by atoms with E-state index in [-0.39, 0.29) is 0 Å². The predicted molar refractivity (Wildman–Crippen MR) is 78.2 cm³/mol. The third-order valence-electron chi connectivity index (χ3n) is 3.67. The zero-order chi connectivity index (χ0) is 15.4. The normalized spacial score (nSPS) is 13.9. The van der Waals surface area contributed by atoms with E-state index in [4.69, 9.17) is 20.1 Å². The lowest BCUT2D eigenvalue weighted by molar-refractivity contribution is -0.212. The molecule has 0 aromatic heterocycles. The van der Waals surface area contributed by atoms with Crippen molar-refractivity contribution in [1.82, 2.24) is 0 Å². The van der Waals surface area contributed by atoms with Crippen LogP contribution in [0.4, 0.5) is 0 Å². The minimum absolute atomic E-state index is 0.368. The van der Waals surface area contributed by atoms with Crippen LogP contribution in [0, 0.1) is 11.3 Å². The third kappa shape index (κ3) is 7.55. The average Bonchev–Trinajstić information content (AvgIpc) is 2.44. The zero-order valence-electron chi connectivity index (χ0n) is 12.9. The number of hydrogen-bond donors (Lipinski definition) is 4. The van der Waals surface area contributed by atoms with Crippen LogP contribution in [0.15, 0.2) is 0 Å². The fourth-order valence-corrected chi connectivity index (χ4v) is 1.94. The van der Waals surface area contributed by atoms with Gasteiger partial charge in [-0.2, -0.15) is 0 Å². The summed E-state index contributed by atoms with van der Waals surface area (Å²) in [6.07, 6.45) is 5.41. The first kappa shape index (κ1) is 19.8. The van der Waals surface area contributed by atoms with Gasteiger partial charge in [0.15, 0.2) is 6.29 Å². The Hall–Kier alpha value is -0.200. The summed E-state index contributed by atoms with van der Waals surface area (Å²) >= 11 is 0. The number of hydrogen-bond acceptors (Lipinski definition) is 5. The minimum atomic E-state index is -1.38. The standard InChI is InChI=1S/C15H32O5/c1-13(2)8-6-4-3-5-7-9-20-14(19)15(10-16,11-17)12-18/h13-14,16-19H,3-12H2,1-2H3. The Balaban J connectivity index is 3.64. The van der Waals surface area contributed by atoms with E-state index in [0.29, 0.717) is 6.61 Å². The summed E-state index contributed by atoms with van der Waals surface area (Å²) in [6, 6.07) is 0. The molecule has 0 aliphatic heterocycles. The van der Waals surface area contributed by atoms with E-state index in [1.165, 1.54) is 19.3 Å². The number of rotatable bonds is 13. The summed E-state index contributed by atoms with van der Waals surface area (Å²) in [6.45, 7) is 3.27. The molecule has 0 spiro atoms. The lowest BCUT2D eigenvalue weighted by Crippen LogP contribution is -2.46. The highest BCUT2D eigenvalue weighted by molar-refractivity contribution is 4.80. The van der Waals surface area contributed by atoms with Gasteiger partial charge in [0.05, 0.1) is 25.2 Å². The lowest BCUT2D eigenvalue weighted by atomic mass is 9.90. The Morgan fingerprint density at radius 2 is 1.35 bits per heavy atom. The molecule has 0 bridgehead atoms. The summed E-state index contributed by atoms with van der Waals surface area (Å²) in [7, 11) is 0. The molecule has 0 saturated heterocycles. The van der Waals surface area contributed by atoms with Gasteiger partial charge in [0, 0.05) is 6.61 Å². The number of aliphatic hydroxyl groups excluding tert-OH is 4. The molecule has 0 aromatic rings. The molecule has 20 heavy (non-hydrogen) atoms. The molecule has 0 saturated carbocycles. The second-order valence-corrected chi connectivity index (χ2v) is 6.01. The van der Waals surface area contributed by atoms with Crippen LogP contribution in [0.1, 0.15) is 52.4 Å². The van der Waals surface area contributed by atoms with Gasteiger partial charge in [0.1, 0.15) is 0 Å². The molecule has 5 heteroatoms. The second kappa shape index (κ2) is 11.5. The van der Waals surface area contributed by atoms with Crippen molar-refractivity contribution >= 4 is 0 Å². The van der Waals surface area contributed by atoms with Gasteiger partial charge in [0.25, 0.3) is 0 Å². The Bertz CT molecular complexity index is 208. The topological polar surface area (TPSA) is 90.2 Å². The van der Waals surface area contributed by atoms with Crippen molar-refractivity contribution in [3.63, 3.8) is 0 Å². The van der Waals surface area contributed by atoms with Gasteiger partial charge in [-0.25, -0.2) is 0 Å². The molecule has 0 amide bonds. The van der Waals surface area contributed by atoms with Crippen molar-refractivity contribution in [3.05, 3.63) is 0 Å². The van der Waals surface area contributed by atoms with Gasteiger partial charge in [-0.1, -0.05) is 46.0 Å². The maximum atomic E-state index is 9.76. The first-order valence-electron chi connectivity index (χ1n) is 7.64. The van der Waals surface area contributed by atoms with Crippen LogP contribution in [0.25, 0.3) is 0 Å². The molecule has 5 nitrogen and oxygen atoms in total. The molecule has 0 rings (SSSR count). The van der Waals surface area contributed by atoms with Crippen molar-refractivity contribution in [2.75, 3.05) is 26.4 Å². The molecule has 0 aliphatic rings. The summed E-state index contributed by atoms with van der Waals surface area (Å²) in [5.41, 5.74) is -1.38. The zero-order valence-corrected chi connectivity index (χ0v) is 12.9. The molecule has 0 fully saturated rings. The highest BCUT2D eigenvalue weighted by atomic mass is 16.6. The Kier molecular flexibility index (Phi) is 11.3. The van der Waals surface area contributed by atoms with Crippen LogP contribution in [-0.2, 0) is 4.74 Å². The summed E-state index contributed by atoms with van der Waals surface area (Å²) < 4.78 is 5.20. The first-order valence-corrected chi connectivity index (χ1v) is 7.64. The summed E-state index contributed by atoms with van der Waals surface area (Å²) in [5, 5.41) is 37.2. The quantitative estimate of drug-likeness (QED) is 0.303. The van der Waals surface area contributed by atoms with Gasteiger partial charge in [-0.3, -0.25) is 0 Å². The number of ether oxygens (including phenoxy) is 1.